The van der Waals surface area contributed by atoms with Crippen molar-refractivity contribution in [2.75, 3.05) is 0 Å². The van der Waals surface area contributed by atoms with Gasteiger partial charge in [-0.2, -0.15) is 0 Å². The molecule has 0 unspecified atom stereocenters. The van der Waals surface area contributed by atoms with Crippen LogP contribution in [-0.2, 0) is 9.31 Å². The van der Waals surface area contributed by atoms with E-state index in [2.05, 4.69) is 340 Å². The van der Waals surface area contributed by atoms with Crippen LogP contribution in [0.4, 0.5) is 0 Å². The summed E-state index contributed by atoms with van der Waals surface area (Å²) in [6.07, 6.45) is 0. The molecule has 16 aromatic rings. The highest BCUT2D eigenvalue weighted by Crippen LogP contribution is 2.43. The van der Waals surface area contributed by atoms with Crippen molar-refractivity contribution in [1.29, 1.82) is 0 Å². The van der Waals surface area contributed by atoms with Crippen LogP contribution in [0.15, 0.2) is 276 Å². The van der Waals surface area contributed by atoms with Crippen LogP contribution in [0.25, 0.3) is 129 Å². The highest BCUT2D eigenvalue weighted by molar-refractivity contribution is 14.1. The number of thiophene rings is 2. The fourth-order valence-corrected chi connectivity index (χ4v) is 15.8. The van der Waals surface area contributed by atoms with Crippen molar-refractivity contribution in [3.8, 4) is 44.8 Å². The first-order chi connectivity index (χ1) is 42.8. The molecule has 0 aliphatic carbocycles. The summed E-state index contributed by atoms with van der Waals surface area (Å²) in [7, 11) is -0.387. The zero-order chi connectivity index (χ0) is 59.8. The summed E-state index contributed by atoms with van der Waals surface area (Å²) in [6, 6.07) is 96.3. The smallest absolute Gasteiger partial charge is 0.399 e. The SMILES string of the molecule is Brc1ccccc1-c1cccc(-c2ccc3c4ccccc4n(-c4ccc5sc6ccccc6c5c4)c3c2)c1.Brc1ccccc1I.CC1(C)OB(c2cccc(-c3ccc4c5ccccc5n(-c5ccc6sc7ccccc7c6c5)c4c3)c2)OC1(C)C. The van der Waals surface area contributed by atoms with Crippen LogP contribution in [0.3, 0.4) is 0 Å². The molecule has 0 bridgehead atoms. The Morgan fingerprint density at radius 2 is 0.761 bits per heavy atom. The average Bonchev–Trinajstić information content (AvgIpc) is 1.89. The third-order valence-corrected chi connectivity index (χ3v) is 22.9. The van der Waals surface area contributed by atoms with Gasteiger partial charge in [-0.15, -0.1) is 22.7 Å². The summed E-state index contributed by atoms with van der Waals surface area (Å²) in [5, 5.41) is 10.3. The van der Waals surface area contributed by atoms with E-state index in [4.69, 9.17) is 9.31 Å². The molecular formula is C78H56BBr2IN2O2S2. The first-order valence-corrected chi connectivity index (χ1v) is 33.8. The van der Waals surface area contributed by atoms with Gasteiger partial charge in [0.25, 0.3) is 0 Å². The fourth-order valence-electron chi connectivity index (χ4n) is 12.4. The molecule has 5 heterocycles. The molecule has 0 amide bonds. The van der Waals surface area contributed by atoms with Gasteiger partial charge in [0.15, 0.2) is 0 Å². The maximum absolute atomic E-state index is 6.36. The van der Waals surface area contributed by atoms with Crippen molar-refractivity contribution in [2.24, 2.45) is 0 Å². The number of benzene rings is 12. The number of fused-ring (bicyclic) bond motifs is 12. The van der Waals surface area contributed by atoms with Crippen LogP contribution in [0.2, 0.25) is 0 Å². The summed E-state index contributed by atoms with van der Waals surface area (Å²) < 4.78 is 26.4. The highest BCUT2D eigenvalue weighted by atomic mass is 127. The molecule has 0 spiro atoms. The lowest BCUT2D eigenvalue weighted by atomic mass is 9.78. The molecule has 12 aromatic carbocycles. The molecule has 1 saturated heterocycles. The molecule has 17 rings (SSSR count). The van der Waals surface area contributed by atoms with Gasteiger partial charge in [-0.25, -0.2) is 0 Å². The molecule has 88 heavy (non-hydrogen) atoms. The molecule has 10 heteroatoms. The first-order valence-electron chi connectivity index (χ1n) is 29.5. The Morgan fingerprint density at radius 3 is 1.28 bits per heavy atom. The van der Waals surface area contributed by atoms with E-state index in [9.17, 15) is 0 Å². The molecule has 1 aliphatic rings. The van der Waals surface area contributed by atoms with Gasteiger partial charge in [0.05, 0.1) is 33.3 Å². The van der Waals surface area contributed by atoms with Crippen LogP contribution in [-0.4, -0.2) is 27.5 Å². The summed E-state index contributed by atoms with van der Waals surface area (Å²) in [6.45, 7) is 8.39. The number of nitrogens with zero attached hydrogens (tertiary/aromatic N) is 2. The molecule has 4 aromatic heterocycles. The largest absolute Gasteiger partial charge is 0.494 e. The molecule has 0 radical (unpaired) electrons. The molecule has 0 saturated carbocycles. The van der Waals surface area contributed by atoms with Crippen molar-refractivity contribution in [3.05, 3.63) is 279 Å². The van der Waals surface area contributed by atoms with E-state index < -0.39 is 0 Å². The highest BCUT2D eigenvalue weighted by Gasteiger charge is 2.51. The maximum atomic E-state index is 6.36. The van der Waals surface area contributed by atoms with E-state index in [1.54, 1.807) is 0 Å². The summed E-state index contributed by atoms with van der Waals surface area (Å²) in [5.74, 6) is 0. The number of halogens is 3. The van der Waals surface area contributed by atoms with Gasteiger partial charge in [0.1, 0.15) is 0 Å². The first kappa shape index (κ1) is 56.8. The molecule has 1 fully saturated rings. The Bertz CT molecular complexity index is 5350. The predicted octanol–water partition coefficient (Wildman–Crippen LogP) is 23.4. The van der Waals surface area contributed by atoms with Crippen molar-refractivity contribution in [3.63, 3.8) is 0 Å². The zero-order valence-electron chi connectivity index (χ0n) is 48.6. The second-order valence-electron chi connectivity index (χ2n) is 23.4. The van der Waals surface area contributed by atoms with Crippen molar-refractivity contribution >= 4 is 174 Å². The minimum absolute atomic E-state index is 0.373. The van der Waals surface area contributed by atoms with Crippen molar-refractivity contribution < 1.29 is 9.31 Å². The number of aromatic nitrogens is 2. The van der Waals surface area contributed by atoms with Crippen LogP contribution in [0.1, 0.15) is 27.7 Å². The van der Waals surface area contributed by atoms with Gasteiger partial charge in [0.2, 0.25) is 0 Å². The Kier molecular flexibility index (Phi) is 14.9. The van der Waals surface area contributed by atoms with Crippen LogP contribution in [0.5, 0.6) is 0 Å². The van der Waals surface area contributed by atoms with E-state index in [-0.39, 0.29) is 18.3 Å². The second-order valence-corrected chi connectivity index (χ2v) is 28.5. The van der Waals surface area contributed by atoms with Gasteiger partial charge in [-0.3, -0.25) is 0 Å². The third-order valence-electron chi connectivity index (χ3n) is 17.5. The summed E-state index contributed by atoms with van der Waals surface area (Å²) in [4.78, 5) is 0. The lowest BCUT2D eigenvalue weighted by Crippen LogP contribution is -2.41. The lowest BCUT2D eigenvalue weighted by Gasteiger charge is -2.32. The van der Waals surface area contributed by atoms with Crippen LogP contribution < -0.4 is 5.46 Å². The number of hydrogen-bond donors (Lipinski definition) is 0. The molecular weight excluding hydrogens is 1360 g/mol. The maximum Gasteiger partial charge on any atom is 0.494 e. The monoisotopic (exact) mass is 1410 g/mol. The van der Waals surface area contributed by atoms with E-state index in [1.807, 2.05) is 40.9 Å². The minimum atomic E-state index is -0.387. The van der Waals surface area contributed by atoms with E-state index in [0.717, 1.165) is 15.5 Å². The Balaban J connectivity index is 0.000000131. The number of rotatable bonds is 6. The molecule has 426 valence electrons. The van der Waals surface area contributed by atoms with Gasteiger partial charge in [-0.05, 0) is 202 Å². The Labute approximate surface area is 550 Å². The van der Waals surface area contributed by atoms with E-state index >= 15 is 0 Å². The van der Waals surface area contributed by atoms with Crippen molar-refractivity contribution in [1.82, 2.24) is 9.13 Å². The van der Waals surface area contributed by atoms with Gasteiger partial charge >= 0.3 is 7.12 Å². The van der Waals surface area contributed by atoms with Gasteiger partial charge in [0, 0.05) is 85.8 Å². The normalized spacial score (nSPS) is 13.7. The zero-order valence-corrected chi connectivity index (χ0v) is 55.6. The summed E-state index contributed by atoms with van der Waals surface area (Å²) >= 11 is 13.1. The minimum Gasteiger partial charge on any atom is -0.399 e. The average molecular weight is 1410 g/mol. The van der Waals surface area contributed by atoms with E-state index in [0.29, 0.717) is 0 Å². The Morgan fingerprint density at radius 1 is 0.341 bits per heavy atom. The van der Waals surface area contributed by atoms with Crippen LogP contribution >= 0.6 is 77.1 Å². The van der Waals surface area contributed by atoms with Gasteiger partial charge < -0.3 is 18.4 Å². The predicted molar refractivity (Wildman–Crippen MR) is 394 cm³/mol. The van der Waals surface area contributed by atoms with Gasteiger partial charge in [-0.1, -0.05) is 186 Å². The molecule has 1 aliphatic heterocycles. The standard InChI is InChI=1S/C36H30BNO2S.C36H22BrNS.C6H4BrI/c1-35(2)36(3,4)40-37(39-35)25-11-9-10-23(20-25)24-16-18-28-27-12-5-7-14-31(27)38(32(28)21-24)26-17-19-34-30(22-26)29-13-6-8-15-33(29)41-34;37-32-13-4-1-10-27(32)25-9-7-8-23(20-25)24-16-18-29-28-11-2-5-14-33(28)38(34(29)21-24)26-17-19-36-31(22-26)30-12-3-6-15-35(30)39-36;7-5-3-1-2-4-6(5)8/h5-22H,1-4H3;1-22H;1-4H. The third kappa shape index (κ3) is 10.3. The topological polar surface area (TPSA) is 28.3 Å². The molecule has 0 N–H and O–H groups in total. The Hall–Kier alpha value is -7.65. The second kappa shape index (κ2) is 23.1. The quantitative estimate of drug-likeness (QED) is 0.123. The number of para-hydroxylation sites is 2. The van der Waals surface area contributed by atoms with E-state index in [1.165, 1.54) is 131 Å². The molecule has 4 nitrogen and oxygen atoms in total. The lowest BCUT2D eigenvalue weighted by molar-refractivity contribution is 0.00578. The molecule has 0 atom stereocenters. The summed E-state index contributed by atoms with van der Waals surface area (Å²) in [5.41, 5.74) is 14.7. The van der Waals surface area contributed by atoms with Crippen LogP contribution in [0, 0.1) is 3.57 Å². The van der Waals surface area contributed by atoms with Crippen molar-refractivity contribution in [2.45, 2.75) is 38.9 Å². The fraction of sp³-hybridized carbons (Fsp3) is 0.0769. The number of hydrogen-bond acceptors (Lipinski definition) is 4.